The molecular weight excluding hydrogens is 1040 g/mol. The molecule has 0 unspecified atom stereocenters. The lowest BCUT2D eigenvalue weighted by atomic mass is 9.73. The molecule has 1 aromatic carbocycles. The summed E-state index contributed by atoms with van der Waals surface area (Å²) in [4.78, 5) is 60.7. The molecule has 1 aromatic heterocycles. The molecule has 4 aliphatic rings. The molecule has 0 spiro atoms. The number of nitrogens with one attached hydrogen (secondary N) is 1. The standard InChI is InChI=1S/C58H92N4O18/c1-17-41-58(12,71)49(66)32(4)44(60-73-16)30(2)26-56(10,70)50(80-54-47(65)39(61(13)14)23-31(3)75-54)33(5)48(34(6)53(69)77-41)79-43-27-57(11,72-15)51(35(7)76-43)78-42(63)20-22-59-21-18-19-36-24-37-45-40(25-36)74-29-55(8,9)62(45)28-38(46(37)64)52(67)68/h24-25,28,30-35,39,41,43,47-51,54,59,65-66,70-71H,17-23,26-27,29H2,1-16H3,(H,67,68)/b60-44+/t30-,31+,32+,33+,34-,35+,39-,41-,43+,47+,48+,49-,50-,51+,54-,56-,57-,58-/m1/s1. The SMILES string of the molecule is CC[C@H]1OC(=O)[C@H](C)[C@@H](O[C@H]2C[C@@](C)(OC)[C@@H](OC(=O)CCNCCCc3cc4c5c(c3)c(=O)c(C(=O)O)cn5C(C)(C)CO4)[C@H](C)O2)[C@H](C)[C@@H](O[C@H]2O[C@@H](C)C[C@@H](N(C)C)[C@@H]2O)[C@](C)(O)C[C@@H](C)/C(=N\OC)[C@H](C)[C@@H](O)[C@]1(C)O. The summed E-state index contributed by atoms with van der Waals surface area (Å²) in [7, 11) is 6.56. The van der Waals surface area contributed by atoms with E-state index in [1.165, 1.54) is 27.3 Å². The van der Waals surface area contributed by atoms with E-state index in [1.54, 1.807) is 54.5 Å². The first-order valence-corrected chi connectivity index (χ1v) is 28.3. The molecule has 18 atom stereocenters. The van der Waals surface area contributed by atoms with Gasteiger partial charge in [0, 0.05) is 50.1 Å². The van der Waals surface area contributed by atoms with E-state index in [1.807, 2.05) is 57.3 Å². The molecule has 0 saturated carbocycles. The molecule has 22 nitrogen and oxygen atoms in total. The Labute approximate surface area is 470 Å². The Bertz CT molecular complexity index is 2570. The number of aliphatic hydroxyl groups is 4. The topological polar surface area (TPSA) is 285 Å². The second-order valence-electron chi connectivity index (χ2n) is 24.5. The Morgan fingerprint density at radius 3 is 2.24 bits per heavy atom. The molecule has 80 heavy (non-hydrogen) atoms. The minimum Gasteiger partial charge on any atom is -0.489 e. The fourth-order valence-corrected chi connectivity index (χ4v) is 12.5. The number of esters is 2. The number of cyclic esters (lactones) is 1. The van der Waals surface area contributed by atoms with Gasteiger partial charge in [0.15, 0.2) is 18.7 Å². The number of likely N-dealkylation sites (N-methyl/N-ethyl adjacent to an activating group) is 1. The molecular formula is C58H92N4O18. The van der Waals surface area contributed by atoms with E-state index < -0.39 is 125 Å². The van der Waals surface area contributed by atoms with Gasteiger partial charge in [-0.15, -0.1) is 0 Å². The Kier molecular flexibility index (Phi) is 21.1. The lowest BCUT2D eigenvalue weighted by Crippen LogP contribution is -2.61. The largest absolute Gasteiger partial charge is 0.489 e. The fraction of sp³-hybridized carbons (Fsp3) is 0.776. The van der Waals surface area contributed by atoms with E-state index >= 15 is 0 Å². The maximum absolute atomic E-state index is 14.6. The van der Waals surface area contributed by atoms with Crippen LogP contribution in [0.15, 0.2) is 28.3 Å². The van der Waals surface area contributed by atoms with Gasteiger partial charge in [-0.05, 0) is 126 Å². The maximum Gasteiger partial charge on any atom is 0.341 e. The summed E-state index contributed by atoms with van der Waals surface area (Å²) >= 11 is 0. The van der Waals surface area contributed by atoms with Crippen LogP contribution in [0.5, 0.6) is 5.75 Å². The van der Waals surface area contributed by atoms with Crippen LogP contribution in [0.1, 0.15) is 138 Å². The second kappa shape index (κ2) is 26.1. The number of aryl methyl sites for hydroxylation is 1. The zero-order valence-electron chi connectivity index (χ0n) is 49.8. The molecule has 6 N–H and O–H groups in total. The first kappa shape index (κ1) is 64.8. The molecule has 4 aliphatic heterocycles. The van der Waals surface area contributed by atoms with E-state index in [4.69, 9.17) is 42.7 Å². The predicted molar refractivity (Wildman–Crippen MR) is 295 cm³/mol. The van der Waals surface area contributed by atoms with Crippen LogP contribution in [0.3, 0.4) is 0 Å². The van der Waals surface area contributed by atoms with Crippen LogP contribution >= 0.6 is 0 Å². The molecule has 22 heteroatoms. The number of oxime groups is 1. The Hall–Kier alpha value is -4.33. The van der Waals surface area contributed by atoms with Gasteiger partial charge >= 0.3 is 17.9 Å². The van der Waals surface area contributed by atoms with Crippen LogP contribution < -0.4 is 15.5 Å². The Morgan fingerprint density at radius 1 is 0.925 bits per heavy atom. The number of hydrogen-bond donors (Lipinski definition) is 6. The predicted octanol–water partition coefficient (Wildman–Crippen LogP) is 4.52. The van der Waals surface area contributed by atoms with E-state index in [0.29, 0.717) is 49.4 Å². The van der Waals surface area contributed by atoms with E-state index in [0.717, 1.165) is 5.56 Å². The number of carboxylic acid groups (broad SMARTS) is 1. The number of carbonyl (C=O) groups excluding carboxylic acids is 2. The first-order chi connectivity index (χ1) is 37.3. The molecule has 2 aromatic rings. The van der Waals surface area contributed by atoms with Gasteiger partial charge < -0.3 is 83.0 Å². The summed E-state index contributed by atoms with van der Waals surface area (Å²) < 4.78 is 52.7. The molecule has 0 amide bonds. The van der Waals surface area contributed by atoms with Crippen LogP contribution in [-0.2, 0) is 59.5 Å². The zero-order valence-corrected chi connectivity index (χ0v) is 49.8. The highest BCUT2D eigenvalue weighted by Gasteiger charge is 2.54. The molecule has 5 heterocycles. The van der Waals surface area contributed by atoms with Crippen molar-refractivity contribution in [3.05, 3.63) is 39.7 Å². The van der Waals surface area contributed by atoms with Gasteiger partial charge in [0.25, 0.3) is 0 Å². The molecule has 3 fully saturated rings. The van der Waals surface area contributed by atoms with Crippen molar-refractivity contribution in [1.29, 1.82) is 0 Å². The van der Waals surface area contributed by atoms with Gasteiger partial charge in [0.05, 0.1) is 70.6 Å². The summed E-state index contributed by atoms with van der Waals surface area (Å²) in [6.45, 7) is 21.9. The summed E-state index contributed by atoms with van der Waals surface area (Å²) in [6.07, 6.45) is -7.44. The van der Waals surface area contributed by atoms with Crippen LogP contribution in [0.25, 0.3) is 10.9 Å². The lowest BCUT2D eigenvalue weighted by molar-refractivity contribution is -0.318. The van der Waals surface area contributed by atoms with Gasteiger partial charge in [-0.25, -0.2) is 4.79 Å². The summed E-state index contributed by atoms with van der Waals surface area (Å²) in [5, 5.41) is 66.2. The molecule has 6 rings (SSSR count). The average molecular weight is 1130 g/mol. The van der Waals surface area contributed by atoms with Crippen molar-refractivity contribution < 1.29 is 82.6 Å². The summed E-state index contributed by atoms with van der Waals surface area (Å²) in [6, 6.07) is 3.25. The smallest absolute Gasteiger partial charge is 0.341 e. The number of pyridine rings is 1. The minimum atomic E-state index is -1.98. The number of rotatable bonds is 17. The Balaban J connectivity index is 1.19. The van der Waals surface area contributed by atoms with Gasteiger partial charge in [0.1, 0.15) is 48.4 Å². The van der Waals surface area contributed by atoms with Crippen LogP contribution in [0.4, 0.5) is 0 Å². The molecule has 0 aliphatic carbocycles. The quantitative estimate of drug-likeness (QED) is 0.0721. The highest BCUT2D eigenvalue weighted by atomic mass is 16.7. The van der Waals surface area contributed by atoms with Crippen molar-refractivity contribution in [1.82, 2.24) is 14.8 Å². The van der Waals surface area contributed by atoms with E-state index in [-0.39, 0.29) is 55.3 Å². The highest BCUT2D eigenvalue weighted by molar-refractivity contribution is 5.95. The summed E-state index contributed by atoms with van der Waals surface area (Å²) in [5.74, 6) is -5.54. The number of carbonyl (C=O) groups is 3. The fourth-order valence-electron chi connectivity index (χ4n) is 12.5. The number of aliphatic hydroxyl groups excluding tert-OH is 2. The number of hydrogen-bond acceptors (Lipinski definition) is 20. The van der Waals surface area contributed by atoms with Gasteiger partial charge in [-0.1, -0.05) is 32.9 Å². The first-order valence-electron chi connectivity index (χ1n) is 28.3. The number of nitrogens with zero attached hydrogens (tertiary/aromatic N) is 3. The number of methoxy groups -OCH3 is 1. The third-order valence-corrected chi connectivity index (χ3v) is 17.2. The Morgan fingerprint density at radius 2 is 1.61 bits per heavy atom. The van der Waals surface area contributed by atoms with Crippen molar-refractivity contribution in [3.8, 4) is 5.75 Å². The van der Waals surface area contributed by atoms with Crippen LogP contribution in [0.2, 0.25) is 0 Å². The monoisotopic (exact) mass is 1130 g/mol. The van der Waals surface area contributed by atoms with Gasteiger partial charge in [-0.2, -0.15) is 0 Å². The number of aromatic carboxylic acids is 1. The van der Waals surface area contributed by atoms with Gasteiger partial charge in [-0.3, -0.25) is 14.4 Å². The van der Waals surface area contributed by atoms with Crippen molar-refractivity contribution in [2.75, 3.05) is 48.0 Å². The minimum absolute atomic E-state index is 0.0111. The molecule has 452 valence electrons. The van der Waals surface area contributed by atoms with Crippen molar-refractivity contribution in [2.24, 2.45) is 28.8 Å². The van der Waals surface area contributed by atoms with Gasteiger partial charge in [0.2, 0.25) is 5.43 Å². The molecule has 3 saturated heterocycles. The van der Waals surface area contributed by atoms with E-state index in [2.05, 4.69) is 10.5 Å². The molecule has 0 radical (unpaired) electrons. The maximum atomic E-state index is 14.6. The van der Waals surface area contributed by atoms with E-state index in [9.17, 15) is 44.7 Å². The van der Waals surface area contributed by atoms with Crippen molar-refractivity contribution >= 4 is 34.5 Å². The third kappa shape index (κ3) is 14.0. The second-order valence-corrected chi connectivity index (χ2v) is 24.5. The highest BCUT2D eigenvalue weighted by Crippen LogP contribution is 2.42. The average Bonchev–Trinajstić information content (AvgIpc) is 3.59. The molecule has 0 bridgehead atoms. The lowest BCUT2D eigenvalue weighted by Gasteiger charge is -2.49. The zero-order chi connectivity index (χ0) is 59.6. The number of aromatic nitrogens is 1. The summed E-state index contributed by atoms with van der Waals surface area (Å²) in [5.41, 5.74) is -4.69. The number of carboxylic acids is 1. The van der Waals surface area contributed by atoms with Crippen LogP contribution in [0, 0.1) is 23.7 Å². The number of ether oxygens (including phenoxy) is 8. The van der Waals surface area contributed by atoms with Crippen LogP contribution in [-0.4, -0.2) is 191 Å². The third-order valence-electron chi connectivity index (χ3n) is 17.2. The van der Waals surface area contributed by atoms with Crippen molar-refractivity contribution in [3.63, 3.8) is 0 Å². The normalized spacial score (nSPS) is 37.6. The van der Waals surface area contributed by atoms with Crippen molar-refractivity contribution in [2.45, 2.75) is 218 Å². The number of benzene rings is 1.